The number of carbonyl (C=O) groups excluding carboxylic acids is 1. The van der Waals surface area contributed by atoms with Gasteiger partial charge in [-0.2, -0.15) is 13.2 Å². The quantitative estimate of drug-likeness (QED) is 0.851. The molecule has 122 valence electrons. The third-order valence-corrected chi connectivity index (χ3v) is 4.92. The molecule has 0 saturated heterocycles. The molecule has 0 saturated carbocycles. The van der Waals surface area contributed by atoms with Crippen molar-refractivity contribution < 1.29 is 31.1 Å². The molecule has 4 nitrogen and oxygen atoms in total. The van der Waals surface area contributed by atoms with Crippen molar-refractivity contribution in [2.24, 2.45) is 0 Å². The molecule has 0 fully saturated rings. The van der Waals surface area contributed by atoms with E-state index >= 15 is 0 Å². The Labute approximate surface area is 126 Å². The molecule has 0 radical (unpaired) electrons. The highest BCUT2D eigenvalue weighted by atomic mass is 32.2. The van der Waals surface area contributed by atoms with Gasteiger partial charge in [-0.05, 0) is 24.6 Å². The number of fused-ring (bicyclic) bond motifs is 1. The molecule has 0 aromatic heterocycles. The fraction of sp³-hybridized carbons (Fsp3) is 0.500. The van der Waals surface area contributed by atoms with Crippen LogP contribution in [0, 0.1) is 0 Å². The largest absolute Gasteiger partial charge is 0.493 e. The molecule has 1 aliphatic rings. The second-order valence-corrected chi connectivity index (χ2v) is 7.70. The van der Waals surface area contributed by atoms with E-state index in [2.05, 4.69) is 0 Å². The van der Waals surface area contributed by atoms with Gasteiger partial charge in [0.2, 0.25) is 5.78 Å². The fourth-order valence-corrected chi connectivity index (χ4v) is 3.14. The first-order valence-electron chi connectivity index (χ1n) is 6.51. The minimum absolute atomic E-state index is 0.0116. The number of ketones is 1. The smallest absolute Gasteiger partial charge is 0.450 e. The molecule has 0 aliphatic carbocycles. The predicted molar refractivity (Wildman–Crippen MR) is 72.7 cm³/mol. The molecule has 0 spiro atoms. The highest BCUT2D eigenvalue weighted by molar-refractivity contribution is 7.90. The molecule has 22 heavy (non-hydrogen) atoms. The van der Waals surface area contributed by atoms with Gasteiger partial charge in [-0.15, -0.1) is 0 Å². The lowest BCUT2D eigenvalue weighted by Gasteiger charge is -2.35. The van der Waals surface area contributed by atoms with Crippen molar-refractivity contribution in [3.63, 3.8) is 0 Å². The number of sulfone groups is 1. The van der Waals surface area contributed by atoms with Crippen molar-refractivity contribution >= 4 is 15.6 Å². The highest BCUT2D eigenvalue weighted by Crippen LogP contribution is 2.43. The standard InChI is InChI=1S/C14H15F3O4S/c1-13(8-12(18)14(15,16)17)5-6-21-11-4-3-9(7-10(11)13)22(2,19)20/h3-4,7H,5-6,8H2,1-2H3. The number of benzene rings is 1. The summed E-state index contributed by atoms with van der Waals surface area (Å²) in [6, 6.07) is 4.06. The Morgan fingerprint density at radius 1 is 1.36 bits per heavy atom. The monoisotopic (exact) mass is 336 g/mol. The normalized spacial score (nSPS) is 21.9. The van der Waals surface area contributed by atoms with Crippen molar-refractivity contribution in [2.45, 2.75) is 36.3 Å². The zero-order valence-corrected chi connectivity index (χ0v) is 12.8. The maximum absolute atomic E-state index is 12.5. The molecule has 1 aliphatic heterocycles. The van der Waals surface area contributed by atoms with Crippen molar-refractivity contribution in [2.75, 3.05) is 12.9 Å². The first-order valence-corrected chi connectivity index (χ1v) is 8.40. The zero-order chi connectivity index (χ0) is 16.8. The number of halogens is 3. The van der Waals surface area contributed by atoms with Crippen LogP contribution in [-0.4, -0.2) is 33.2 Å². The van der Waals surface area contributed by atoms with Crippen LogP contribution in [-0.2, 0) is 20.0 Å². The van der Waals surface area contributed by atoms with Crippen LogP contribution < -0.4 is 4.74 Å². The van der Waals surface area contributed by atoms with Gasteiger partial charge in [0.1, 0.15) is 5.75 Å². The van der Waals surface area contributed by atoms with Gasteiger partial charge in [-0.25, -0.2) is 8.42 Å². The average Bonchev–Trinajstić information content (AvgIpc) is 2.36. The lowest BCUT2D eigenvalue weighted by Crippen LogP contribution is -2.36. The van der Waals surface area contributed by atoms with E-state index in [-0.39, 0.29) is 17.9 Å². The number of alkyl halides is 3. The van der Waals surface area contributed by atoms with E-state index in [1.807, 2.05) is 0 Å². The van der Waals surface area contributed by atoms with Gasteiger partial charge in [0.25, 0.3) is 0 Å². The van der Waals surface area contributed by atoms with Crippen LogP contribution in [0.1, 0.15) is 25.3 Å². The fourth-order valence-electron chi connectivity index (χ4n) is 2.50. The van der Waals surface area contributed by atoms with Crippen molar-refractivity contribution in [1.82, 2.24) is 0 Å². The van der Waals surface area contributed by atoms with Gasteiger partial charge >= 0.3 is 6.18 Å². The summed E-state index contributed by atoms with van der Waals surface area (Å²) in [4.78, 5) is 11.3. The van der Waals surface area contributed by atoms with E-state index in [4.69, 9.17) is 4.74 Å². The predicted octanol–water partition coefficient (Wildman–Crippen LogP) is 2.65. The minimum Gasteiger partial charge on any atom is -0.493 e. The molecule has 1 atom stereocenters. The minimum atomic E-state index is -4.91. The van der Waals surface area contributed by atoms with Crippen LogP contribution in [0.25, 0.3) is 0 Å². The molecule has 0 bridgehead atoms. The SMILES string of the molecule is CC1(CC(=O)C(F)(F)F)CCOc2ccc(S(C)(=O)=O)cc21. The number of hydrogen-bond donors (Lipinski definition) is 0. The highest BCUT2D eigenvalue weighted by Gasteiger charge is 2.45. The summed E-state index contributed by atoms with van der Waals surface area (Å²) in [5.74, 6) is -1.51. The molecule has 0 N–H and O–H groups in total. The van der Waals surface area contributed by atoms with Gasteiger partial charge in [0, 0.05) is 23.7 Å². The third kappa shape index (κ3) is 3.26. The summed E-state index contributed by atoms with van der Waals surface area (Å²) in [7, 11) is -3.51. The number of carbonyl (C=O) groups is 1. The van der Waals surface area contributed by atoms with E-state index in [1.165, 1.54) is 25.1 Å². The molecule has 1 aromatic rings. The Kier molecular flexibility index (Phi) is 4.01. The first-order chi connectivity index (χ1) is 9.93. The van der Waals surface area contributed by atoms with E-state index in [0.717, 1.165) is 6.26 Å². The summed E-state index contributed by atoms with van der Waals surface area (Å²) >= 11 is 0. The Bertz CT molecular complexity index is 709. The Hall–Kier alpha value is -1.57. The maximum atomic E-state index is 12.5. The molecule has 0 amide bonds. The van der Waals surface area contributed by atoms with Crippen LogP contribution in [0.2, 0.25) is 0 Å². The molecule has 1 unspecified atom stereocenters. The summed E-state index contributed by atoms with van der Waals surface area (Å²) in [6.07, 6.45) is -4.43. The zero-order valence-electron chi connectivity index (χ0n) is 12.0. The number of Topliss-reactive ketones (excluding diaryl/α,β-unsaturated/α-hetero) is 1. The molecule has 8 heteroatoms. The average molecular weight is 336 g/mol. The number of ether oxygens (including phenoxy) is 1. The summed E-state index contributed by atoms with van der Waals surface area (Å²) in [5, 5.41) is 0. The maximum Gasteiger partial charge on any atom is 0.450 e. The second kappa shape index (κ2) is 5.26. The lowest BCUT2D eigenvalue weighted by atomic mass is 9.74. The van der Waals surface area contributed by atoms with E-state index in [1.54, 1.807) is 0 Å². The third-order valence-electron chi connectivity index (χ3n) is 3.81. The molecule has 1 heterocycles. The van der Waals surface area contributed by atoms with E-state index < -0.39 is 33.6 Å². The Morgan fingerprint density at radius 3 is 2.55 bits per heavy atom. The molecule has 1 aromatic carbocycles. The summed E-state index contributed by atoms with van der Waals surface area (Å²) in [6.45, 7) is 1.69. The van der Waals surface area contributed by atoms with Crippen LogP contribution in [0.5, 0.6) is 5.75 Å². The molecular weight excluding hydrogens is 321 g/mol. The van der Waals surface area contributed by atoms with Gasteiger partial charge < -0.3 is 4.74 Å². The first kappa shape index (κ1) is 16.8. The van der Waals surface area contributed by atoms with Crippen LogP contribution >= 0.6 is 0 Å². The number of hydrogen-bond acceptors (Lipinski definition) is 4. The van der Waals surface area contributed by atoms with Crippen molar-refractivity contribution in [1.29, 1.82) is 0 Å². The van der Waals surface area contributed by atoms with Crippen LogP contribution in [0.3, 0.4) is 0 Å². The van der Waals surface area contributed by atoms with Crippen molar-refractivity contribution in [3.8, 4) is 5.75 Å². The number of rotatable bonds is 3. The van der Waals surface area contributed by atoms with Gasteiger partial charge in [0.15, 0.2) is 9.84 Å². The Morgan fingerprint density at radius 2 is 2.00 bits per heavy atom. The van der Waals surface area contributed by atoms with Gasteiger partial charge in [-0.3, -0.25) is 4.79 Å². The second-order valence-electron chi connectivity index (χ2n) is 5.69. The molecule has 2 rings (SSSR count). The topological polar surface area (TPSA) is 60.4 Å². The lowest BCUT2D eigenvalue weighted by molar-refractivity contribution is -0.172. The van der Waals surface area contributed by atoms with Crippen molar-refractivity contribution in [3.05, 3.63) is 23.8 Å². The van der Waals surface area contributed by atoms with Gasteiger partial charge in [-0.1, -0.05) is 6.92 Å². The molecular formula is C14H15F3O4S. The Balaban J connectivity index is 2.48. The summed E-state index contributed by atoms with van der Waals surface area (Å²) < 4.78 is 66.2. The van der Waals surface area contributed by atoms with Gasteiger partial charge in [0.05, 0.1) is 11.5 Å². The van der Waals surface area contributed by atoms with E-state index in [0.29, 0.717) is 11.3 Å². The van der Waals surface area contributed by atoms with Crippen LogP contribution in [0.15, 0.2) is 23.1 Å². The van der Waals surface area contributed by atoms with E-state index in [9.17, 15) is 26.4 Å². The van der Waals surface area contributed by atoms with Crippen LogP contribution in [0.4, 0.5) is 13.2 Å². The summed E-state index contributed by atoms with van der Waals surface area (Å²) in [5.41, 5.74) is -0.791.